The van der Waals surface area contributed by atoms with Gasteiger partial charge in [0, 0.05) is 17.6 Å². The van der Waals surface area contributed by atoms with Gasteiger partial charge in [-0.05, 0) is 17.0 Å². The lowest BCUT2D eigenvalue weighted by molar-refractivity contribution is -0.137. The number of urea groups is 1. The normalized spacial score (nSPS) is 12.8. The number of carbonyl (C=O) groups is 2. The number of amides is 2. The van der Waals surface area contributed by atoms with Crippen molar-refractivity contribution < 1.29 is 14.7 Å². The minimum Gasteiger partial charge on any atom is -0.481 e. The molecule has 0 saturated carbocycles. The molecule has 3 N–H and O–H groups in total. The van der Waals surface area contributed by atoms with E-state index in [9.17, 15) is 9.59 Å². The first kappa shape index (κ1) is 15.3. The molecule has 1 rings (SSSR count). The van der Waals surface area contributed by atoms with Gasteiger partial charge in [0.05, 0.1) is 6.42 Å². The highest BCUT2D eigenvalue weighted by atomic mass is 32.1. The van der Waals surface area contributed by atoms with Crippen LogP contribution in [0.15, 0.2) is 0 Å². The minimum atomic E-state index is -0.952. The summed E-state index contributed by atoms with van der Waals surface area (Å²) in [6.45, 7) is 5.95. The van der Waals surface area contributed by atoms with Gasteiger partial charge >= 0.3 is 12.0 Å². The van der Waals surface area contributed by atoms with Crippen LogP contribution >= 0.6 is 11.5 Å². The summed E-state index contributed by atoms with van der Waals surface area (Å²) < 4.78 is 3.51. The van der Waals surface area contributed by atoms with Gasteiger partial charge in [0.1, 0.15) is 0 Å². The molecule has 106 valence electrons. The number of rotatable bonds is 5. The maximum Gasteiger partial charge on any atom is 0.321 e. The van der Waals surface area contributed by atoms with Gasteiger partial charge < -0.3 is 10.4 Å². The van der Waals surface area contributed by atoms with Crippen LogP contribution in [-0.4, -0.2) is 37.9 Å². The Kier molecular flexibility index (Phi) is 5.16. The second-order valence-corrected chi connectivity index (χ2v) is 6.06. The molecular weight excluding hydrogens is 270 g/mol. The third kappa shape index (κ3) is 6.65. The van der Waals surface area contributed by atoms with Crippen LogP contribution in [0.4, 0.5) is 9.93 Å². The zero-order valence-corrected chi connectivity index (χ0v) is 11.8. The van der Waals surface area contributed by atoms with E-state index in [1.54, 1.807) is 0 Å². The Balaban J connectivity index is 2.55. The molecular formula is C10H17N5O3S. The molecule has 9 heteroatoms. The number of hydrogen-bond acceptors (Lipinski definition) is 6. The Bertz CT molecular complexity index is 429. The zero-order valence-electron chi connectivity index (χ0n) is 11.0. The molecule has 0 aliphatic heterocycles. The fourth-order valence-corrected chi connectivity index (χ4v) is 1.99. The van der Waals surface area contributed by atoms with E-state index in [1.165, 1.54) is 0 Å². The van der Waals surface area contributed by atoms with Crippen molar-refractivity contribution in [3.63, 3.8) is 0 Å². The molecule has 0 bridgehead atoms. The summed E-state index contributed by atoms with van der Waals surface area (Å²) in [5.74, 6) is -0.952. The third-order valence-corrected chi connectivity index (χ3v) is 2.65. The number of anilines is 1. The van der Waals surface area contributed by atoms with Crippen molar-refractivity contribution in [3.05, 3.63) is 0 Å². The lowest BCUT2D eigenvalue weighted by Gasteiger charge is -2.25. The summed E-state index contributed by atoms with van der Waals surface area (Å²) >= 11 is 0.945. The fraction of sp³-hybridized carbons (Fsp3) is 0.700. The van der Waals surface area contributed by atoms with E-state index in [0.29, 0.717) is 6.42 Å². The highest BCUT2D eigenvalue weighted by Crippen LogP contribution is 2.22. The third-order valence-electron chi connectivity index (χ3n) is 2.13. The molecule has 1 aromatic rings. The van der Waals surface area contributed by atoms with Crippen LogP contribution in [0.3, 0.4) is 0 Å². The lowest BCUT2D eigenvalue weighted by Crippen LogP contribution is -2.41. The van der Waals surface area contributed by atoms with E-state index in [-0.39, 0.29) is 17.0 Å². The SMILES string of the molecule is CC(C)(C)CC(CC(=O)O)NC(=O)Nc1nnns1. The number of aliphatic carboxylic acids is 1. The van der Waals surface area contributed by atoms with Gasteiger partial charge in [0.25, 0.3) is 0 Å². The van der Waals surface area contributed by atoms with Crippen LogP contribution in [0.1, 0.15) is 33.6 Å². The number of carbonyl (C=O) groups excluding carboxylic acids is 1. The smallest absolute Gasteiger partial charge is 0.321 e. The van der Waals surface area contributed by atoms with Crippen LogP contribution in [-0.2, 0) is 4.79 Å². The maximum atomic E-state index is 11.7. The van der Waals surface area contributed by atoms with Crippen molar-refractivity contribution in [2.45, 2.75) is 39.7 Å². The van der Waals surface area contributed by atoms with Crippen molar-refractivity contribution in [1.29, 1.82) is 0 Å². The zero-order chi connectivity index (χ0) is 14.5. The van der Waals surface area contributed by atoms with Crippen molar-refractivity contribution in [2.75, 3.05) is 5.32 Å². The van der Waals surface area contributed by atoms with Crippen molar-refractivity contribution in [2.24, 2.45) is 5.41 Å². The van der Waals surface area contributed by atoms with E-state index in [0.717, 1.165) is 11.5 Å². The summed E-state index contributed by atoms with van der Waals surface area (Å²) in [4.78, 5) is 22.5. The monoisotopic (exact) mass is 287 g/mol. The molecule has 0 fully saturated rings. The average molecular weight is 287 g/mol. The molecule has 0 aliphatic carbocycles. The summed E-state index contributed by atoms with van der Waals surface area (Å²) in [7, 11) is 0. The molecule has 0 aromatic carbocycles. The van der Waals surface area contributed by atoms with E-state index in [2.05, 4.69) is 25.4 Å². The van der Waals surface area contributed by atoms with E-state index in [4.69, 9.17) is 5.11 Å². The van der Waals surface area contributed by atoms with E-state index in [1.807, 2.05) is 20.8 Å². The van der Waals surface area contributed by atoms with Crippen LogP contribution in [0, 0.1) is 5.41 Å². The summed E-state index contributed by atoms with van der Waals surface area (Å²) in [6.07, 6.45) is 0.431. The van der Waals surface area contributed by atoms with Gasteiger partial charge in [-0.3, -0.25) is 10.1 Å². The van der Waals surface area contributed by atoms with Gasteiger partial charge in [-0.15, -0.1) is 0 Å². The second-order valence-electron chi connectivity index (χ2n) is 5.33. The largest absolute Gasteiger partial charge is 0.481 e. The number of carboxylic acids is 1. The minimum absolute atomic E-state index is 0.0856. The molecule has 0 aliphatic rings. The quantitative estimate of drug-likeness (QED) is 0.752. The predicted octanol–water partition coefficient (Wildman–Crippen LogP) is 1.33. The highest BCUT2D eigenvalue weighted by molar-refractivity contribution is 7.09. The van der Waals surface area contributed by atoms with E-state index >= 15 is 0 Å². The topological polar surface area (TPSA) is 117 Å². The summed E-state index contributed by atoms with van der Waals surface area (Å²) in [5.41, 5.74) is -0.0856. The number of nitrogens with one attached hydrogen (secondary N) is 2. The Morgan fingerprint density at radius 2 is 2.11 bits per heavy atom. The first-order valence-corrected chi connectivity index (χ1v) is 6.48. The molecule has 0 spiro atoms. The number of hydrogen-bond donors (Lipinski definition) is 3. The molecule has 1 atom stereocenters. The molecule has 19 heavy (non-hydrogen) atoms. The Morgan fingerprint density at radius 1 is 1.42 bits per heavy atom. The Labute approximate surface area is 114 Å². The molecule has 2 amide bonds. The molecule has 1 unspecified atom stereocenters. The number of aromatic nitrogens is 3. The van der Waals surface area contributed by atoms with Crippen LogP contribution in [0.25, 0.3) is 0 Å². The number of carboxylic acid groups (broad SMARTS) is 1. The van der Waals surface area contributed by atoms with Crippen LogP contribution < -0.4 is 10.6 Å². The second kappa shape index (κ2) is 6.41. The molecule has 1 heterocycles. The molecule has 8 nitrogen and oxygen atoms in total. The first-order valence-electron chi connectivity index (χ1n) is 5.70. The molecule has 0 saturated heterocycles. The average Bonchev–Trinajstić information content (AvgIpc) is 2.65. The Morgan fingerprint density at radius 3 is 2.58 bits per heavy atom. The number of nitrogens with zero attached hydrogens (tertiary/aromatic N) is 3. The maximum absolute atomic E-state index is 11.7. The van der Waals surface area contributed by atoms with Crippen molar-refractivity contribution in [3.8, 4) is 0 Å². The molecule has 1 aromatic heterocycles. The van der Waals surface area contributed by atoms with Crippen LogP contribution in [0.5, 0.6) is 0 Å². The van der Waals surface area contributed by atoms with Crippen molar-refractivity contribution >= 4 is 28.7 Å². The standard InChI is InChI=1S/C10H17N5O3S/c1-10(2,3)5-6(4-7(16)17)11-8(18)12-9-13-14-15-19-9/h6H,4-5H2,1-3H3,(H,16,17)(H2,11,12,13,15,18). The predicted molar refractivity (Wildman–Crippen MR) is 70.0 cm³/mol. The van der Waals surface area contributed by atoms with E-state index < -0.39 is 18.0 Å². The lowest BCUT2D eigenvalue weighted by atomic mass is 9.87. The van der Waals surface area contributed by atoms with Crippen molar-refractivity contribution in [1.82, 2.24) is 20.1 Å². The van der Waals surface area contributed by atoms with Gasteiger partial charge in [-0.2, -0.15) is 0 Å². The van der Waals surface area contributed by atoms with Gasteiger partial charge in [0.2, 0.25) is 5.13 Å². The fourth-order valence-electron chi connectivity index (χ4n) is 1.62. The van der Waals surface area contributed by atoms with Crippen LogP contribution in [0.2, 0.25) is 0 Å². The molecule has 0 radical (unpaired) electrons. The summed E-state index contributed by atoms with van der Waals surface area (Å²) in [6, 6.07) is -0.951. The van der Waals surface area contributed by atoms with Gasteiger partial charge in [0.15, 0.2) is 0 Å². The summed E-state index contributed by atoms with van der Waals surface area (Å²) in [5, 5.41) is 21.1. The first-order chi connectivity index (χ1) is 8.76. The van der Waals surface area contributed by atoms with Gasteiger partial charge in [-0.25, -0.2) is 4.79 Å². The highest BCUT2D eigenvalue weighted by Gasteiger charge is 2.23. The Hall–Kier alpha value is -1.77. The van der Waals surface area contributed by atoms with Gasteiger partial charge in [-0.1, -0.05) is 30.4 Å².